The molecule has 5 rings (SSSR count). The van der Waals surface area contributed by atoms with Gasteiger partial charge >= 0.3 is 0 Å². The minimum atomic E-state index is -3.16. The second-order valence-corrected chi connectivity index (χ2v) is 14.4. The van der Waals surface area contributed by atoms with Gasteiger partial charge in [0.15, 0.2) is 11.6 Å². The number of benzene rings is 1. The lowest BCUT2D eigenvalue weighted by Crippen LogP contribution is -2.59. The Kier molecular flexibility index (Phi) is 9.05. The molecule has 1 saturated carbocycles. The number of halogens is 1. The van der Waals surface area contributed by atoms with Crippen LogP contribution in [-0.2, 0) is 10.0 Å². The molecule has 2 aromatic rings. The molecule has 1 atom stereocenters. The Balaban J connectivity index is 1.19. The molecule has 0 radical (unpaired) electrons. The topological polar surface area (TPSA) is 108 Å². The molecule has 0 unspecified atom stereocenters. The molecule has 1 amide bonds. The zero-order chi connectivity index (χ0) is 30.1. The normalized spacial score (nSPS) is 21.1. The van der Waals surface area contributed by atoms with Crippen LogP contribution in [0.5, 0.6) is 11.5 Å². The molecule has 2 aliphatic heterocycles. The first-order chi connectivity index (χ1) is 19.9. The van der Waals surface area contributed by atoms with E-state index in [0.717, 1.165) is 64.8 Å². The summed E-state index contributed by atoms with van der Waals surface area (Å²) >= 11 is 0. The van der Waals surface area contributed by atoms with Crippen molar-refractivity contribution in [2.75, 3.05) is 50.4 Å². The van der Waals surface area contributed by atoms with Gasteiger partial charge in [-0.05, 0) is 82.4 Å². The van der Waals surface area contributed by atoms with Crippen molar-refractivity contribution < 1.29 is 22.3 Å². The molecule has 3 heterocycles. The van der Waals surface area contributed by atoms with Crippen molar-refractivity contribution in [1.82, 2.24) is 24.5 Å². The fraction of sp³-hybridized carbons (Fsp3) is 0.633. The smallest absolute Gasteiger partial charge is 0.257 e. The minimum Gasteiger partial charge on any atom is -0.451 e. The zero-order valence-electron chi connectivity index (χ0n) is 25.1. The van der Waals surface area contributed by atoms with Crippen LogP contribution in [0.1, 0.15) is 63.2 Å². The third-order valence-electron chi connectivity index (χ3n) is 8.92. The van der Waals surface area contributed by atoms with E-state index < -0.39 is 15.8 Å². The monoisotopic (exact) mass is 602 g/mol. The van der Waals surface area contributed by atoms with Gasteiger partial charge in [-0.15, -0.1) is 0 Å². The van der Waals surface area contributed by atoms with Crippen LogP contribution in [0, 0.1) is 17.2 Å². The van der Waals surface area contributed by atoms with Crippen molar-refractivity contribution in [3.05, 3.63) is 42.1 Å². The van der Waals surface area contributed by atoms with Gasteiger partial charge in [-0.1, -0.05) is 0 Å². The molecule has 1 aromatic carbocycles. The van der Waals surface area contributed by atoms with Gasteiger partial charge < -0.3 is 19.4 Å². The molecule has 42 heavy (non-hydrogen) atoms. The van der Waals surface area contributed by atoms with Gasteiger partial charge in [-0.3, -0.25) is 4.79 Å². The van der Waals surface area contributed by atoms with Crippen molar-refractivity contribution in [1.29, 1.82) is 0 Å². The number of carbonyl (C=O) groups is 1. The summed E-state index contributed by atoms with van der Waals surface area (Å²) in [6.07, 6.45) is 9.31. The molecule has 1 N–H and O–H groups in total. The zero-order valence-corrected chi connectivity index (χ0v) is 25.9. The lowest BCUT2D eigenvalue weighted by Gasteiger charge is -2.54. The molecular weight excluding hydrogens is 559 g/mol. The van der Waals surface area contributed by atoms with Gasteiger partial charge in [-0.25, -0.2) is 27.5 Å². The van der Waals surface area contributed by atoms with Gasteiger partial charge in [0.2, 0.25) is 10.0 Å². The molecule has 12 heteroatoms. The van der Waals surface area contributed by atoms with E-state index in [1.165, 1.54) is 30.8 Å². The molecule has 2 saturated heterocycles. The third-order valence-corrected chi connectivity index (χ3v) is 9.68. The Hall–Kier alpha value is -2.83. The predicted octanol–water partition coefficient (Wildman–Crippen LogP) is 3.90. The Morgan fingerprint density at radius 2 is 1.95 bits per heavy atom. The first-order valence-electron chi connectivity index (χ1n) is 15.0. The molecule has 230 valence electrons. The average molecular weight is 603 g/mol. The summed E-state index contributed by atoms with van der Waals surface area (Å²) in [5.74, 6) is 1.09. The molecule has 3 aliphatic rings. The average Bonchev–Trinajstić information content (AvgIpc) is 3.38. The summed E-state index contributed by atoms with van der Waals surface area (Å²) < 4.78 is 46.4. The Bertz CT molecular complexity index is 1370. The van der Waals surface area contributed by atoms with Crippen LogP contribution in [0.15, 0.2) is 30.7 Å². The number of carbonyl (C=O) groups excluding carboxylic acids is 1. The maximum absolute atomic E-state index is 14.2. The second-order valence-electron chi connectivity index (χ2n) is 12.6. The number of aromatic nitrogens is 2. The van der Waals surface area contributed by atoms with Crippen molar-refractivity contribution in [3.63, 3.8) is 0 Å². The Labute approximate surface area is 248 Å². The lowest BCUT2D eigenvalue weighted by molar-refractivity contribution is -0.0386. The number of nitrogens with one attached hydrogen (secondary N) is 1. The predicted molar refractivity (Wildman–Crippen MR) is 160 cm³/mol. The van der Waals surface area contributed by atoms with Gasteiger partial charge in [0, 0.05) is 51.4 Å². The number of ether oxygens (including phenoxy) is 1. The summed E-state index contributed by atoms with van der Waals surface area (Å²) in [7, 11) is -3.16. The molecule has 0 bridgehead atoms. The van der Waals surface area contributed by atoms with Gasteiger partial charge in [0.1, 0.15) is 17.9 Å². The van der Waals surface area contributed by atoms with Crippen LogP contribution in [0.3, 0.4) is 0 Å². The summed E-state index contributed by atoms with van der Waals surface area (Å²) in [6, 6.07) is 4.04. The van der Waals surface area contributed by atoms with Crippen molar-refractivity contribution in [2.45, 2.75) is 65.0 Å². The number of likely N-dealkylation sites (tertiary alicyclic amines) is 1. The standard InChI is InChI=1S/C30H43FN6O4S/c1-5-37(21(2)3)29(38)25-14-23(31)6-7-26(25)41-27-15-32-20-33-28(27)36-13-10-22(17-36)16-35-18-30(19-35)11-8-24(9-12-30)34-42(4,39)40/h6-7,14-15,20-22,24,34H,5,8-13,16-19H2,1-4H3/t22-/m1/s1. The van der Waals surface area contributed by atoms with Crippen LogP contribution in [-0.4, -0.2) is 91.7 Å². The minimum absolute atomic E-state index is 0.0380. The van der Waals surface area contributed by atoms with E-state index in [2.05, 4.69) is 24.5 Å². The van der Waals surface area contributed by atoms with Crippen LogP contribution in [0.2, 0.25) is 0 Å². The Morgan fingerprint density at radius 3 is 2.62 bits per heavy atom. The van der Waals surface area contributed by atoms with Crippen molar-refractivity contribution in [2.24, 2.45) is 11.3 Å². The van der Waals surface area contributed by atoms with Crippen LogP contribution >= 0.6 is 0 Å². The van der Waals surface area contributed by atoms with Crippen LogP contribution in [0.25, 0.3) is 0 Å². The maximum atomic E-state index is 14.2. The molecule has 3 fully saturated rings. The molecule has 1 spiro atoms. The van der Waals surface area contributed by atoms with E-state index in [0.29, 0.717) is 29.4 Å². The quantitative estimate of drug-likeness (QED) is 0.437. The lowest BCUT2D eigenvalue weighted by atomic mass is 9.67. The van der Waals surface area contributed by atoms with Crippen molar-refractivity contribution >= 4 is 21.7 Å². The Morgan fingerprint density at radius 1 is 1.21 bits per heavy atom. The maximum Gasteiger partial charge on any atom is 0.257 e. The highest BCUT2D eigenvalue weighted by Gasteiger charge is 2.46. The molecule has 1 aromatic heterocycles. The number of anilines is 1. The number of sulfonamides is 1. The second kappa shape index (κ2) is 12.4. The summed E-state index contributed by atoms with van der Waals surface area (Å²) in [4.78, 5) is 28.4. The van der Waals surface area contributed by atoms with E-state index in [1.54, 1.807) is 11.1 Å². The number of nitrogens with zero attached hydrogens (tertiary/aromatic N) is 5. The number of hydrogen-bond donors (Lipinski definition) is 1. The molecular formula is C30H43FN6O4S. The highest BCUT2D eigenvalue weighted by atomic mass is 32.2. The summed E-state index contributed by atoms with van der Waals surface area (Å²) in [5, 5.41) is 0. The van der Waals surface area contributed by atoms with Gasteiger partial charge in [0.25, 0.3) is 5.91 Å². The fourth-order valence-corrected chi connectivity index (χ4v) is 7.77. The van der Waals surface area contributed by atoms with Crippen molar-refractivity contribution in [3.8, 4) is 11.5 Å². The highest BCUT2D eigenvalue weighted by molar-refractivity contribution is 7.88. The van der Waals surface area contributed by atoms with Crippen LogP contribution in [0.4, 0.5) is 10.2 Å². The van der Waals surface area contributed by atoms with E-state index >= 15 is 0 Å². The number of amides is 1. The van der Waals surface area contributed by atoms with E-state index in [9.17, 15) is 17.6 Å². The highest BCUT2D eigenvalue weighted by Crippen LogP contribution is 2.45. The summed E-state index contributed by atoms with van der Waals surface area (Å²) in [6.45, 7) is 11.1. The van der Waals surface area contributed by atoms with E-state index in [-0.39, 0.29) is 29.3 Å². The molecule has 1 aliphatic carbocycles. The first-order valence-corrected chi connectivity index (χ1v) is 16.9. The third kappa shape index (κ3) is 7.03. The van der Waals surface area contributed by atoms with Gasteiger partial charge in [-0.2, -0.15) is 0 Å². The molecule has 10 nitrogen and oxygen atoms in total. The fourth-order valence-electron chi connectivity index (χ4n) is 6.93. The van der Waals surface area contributed by atoms with Gasteiger partial charge in [0.05, 0.1) is 18.0 Å². The first kappa shape index (κ1) is 30.6. The van der Waals surface area contributed by atoms with E-state index in [4.69, 9.17) is 4.74 Å². The number of rotatable bonds is 10. The summed E-state index contributed by atoms with van der Waals surface area (Å²) in [5.41, 5.74) is 0.502. The van der Waals surface area contributed by atoms with E-state index in [1.807, 2.05) is 20.8 Å². The largest absolute Gasteiger partial charge is 0.451 e. The number of hydrogen-bond acceptors (Lipinski definition) is 8. The van der Waals surface area contributed by atoms with Crippen LogP contribution < -0.4 is 14.4 Å². The SMILES string of the molecule is CCN(C(=O)c1cc(F)ccc1Oc1cncnc1N1CC[C@H](CN2CC3(CCC(NS(C)(=O)=O)CC3)C2)C1)C(C)C.